The summed E-state index contributed by atoms with van der Waals surface area (Å²) in [4.78, 5) is 25.4. The van der Waals surface area contributed by atoms with Gasteiger partial charge >= 0.3 is 5.69 Å². The van der Waals surface area contributed by atoms with Crippen LogP contribution in [0.5, 0.6) is 0 Å². The van der Waals surface area contributed by atoms with E-state index in [2.05, 4.69) is 4.98 Å². The highest BCUT2D eigenvalue weighted by atomic mass is 16.6. The Morgan fingerprint density at radius 1 is 1.70 bits per heavy atom. The van der Waals surface area contributed by atoms with E-state index in [9.17, 15) is 9.59 Å². The first-order valence-corrected chi connectivity index (χ1v) is 6.32. The van der Waals surface area contributed by atoms with Crippen molar-refractivity contribution < 1.29 is 10.8 Å². The van der Waals surface area contributed by atoms with E-state index in [-0.39, 0.29) is 26.0 Å². The third-order valence-electron chi connectivity index (χ3n) is 3.18. The topological polar surface area (TPSA) is 97.1 Å². The normalized spacial score (nSPS) is 26.2. The van der Waals surface area contributed by atoms with E-state index in [1.54, 1.807) is 6.92 Å². The molecular weight excluding hydrogens is 262 g/mol. The molecule has 0 aromatic carbocycles. The lowest BCUT2D eigenvalue weighted by atomic mass is 10.2. The number of nitrogens with one attached hydrogen (secondary N) is 1. The van der Waals surface area contributed by atoms with E-state index in [1.165, 1.54) is 10.8 Å². The molecule has 0 aliphatic carbocycles. The highest BCUT2D eigenvalue weighted by Crippen LogP contribution is 2.29. The highest BCUT2D eigenvalue weighted by Gasteiger charge is 2.34. The van der Waals surface area contributed by atoms with Gasteiger partial charge in [0.2, 0.25) is 0 Å². The molecule has 2 heterocycles. The van der Waals surface area contributed by atoms with Gasteiger partial charge in [-0.15, -0.1) is 0 Å². The van der Waals surface area contributed by atoms with Crippen LogP contribution in [-0.4, -0.2) is 28.4 Å². The third-order valence-corrected chi connectivity index (χ3v) is 3.18. The van der Waals surface area contributed by atoms with Gasteiger partial charge < -0.3 is 9.47 Å². The standard InChI is InChI=1S/C13H17N3O4/c1-8-7-16(13(18)15-12(8)17)11-6-10(9(2)20-11)19-5-3-4-14/h7,9-11H,3,5-6H2,1-2H3,(H,15,17,18)/t9-,10?,11-/m1/s1/i2D. The first-order chi connectivity index (χ1) is 10.1. The molecule has 0 saturated carbocycles. The van der Waals surface area contributed by atoms with Gasteiger partial charge in [-0.05, 0) is 13.8 Å². The Kier molecular flexibility index (Phi) is 3.95. The zero-order valence-corrected chi connectivity index (χ0v) is 11.2. The van der Waals surface area contributed by atoms with Crippen LogP contribution in [0.25, 0.3) is 0 Å². The quantitative estimate of drug-likeness (QED) is 0.808. The molecule has 7 nitrogen and oxygen atoms in total. The lowest BCUT2D eigenvalue weighted by Crippen LogP contribution is -2.33. The maximum atomic E-state index is 11.8. The van der Waals surface area contributed by atoms with Crippen molar-refractivity contribution in [3.05, 3.63) is 32.6 Å². The molecule has 1 aromatic rings. The minimum atomic E-state index is -0.574. The molecule has 1 saturated heterocycles. The van der Waals surface area contributed by atoms with Gasteiger partial charge in [0.1, 0.15) is 6.23 Å². The van der Waals surface area contributed by atoms with Crippen LogP contribution >= 0.6 is 0 Å². The summed E-state index contributed by atoms with van der Waals surface area (Å²) in [5.41, 5.74) is -0.556. The van der Waals surface area contributed by atoms with Crippen molar-refractivity contribution in [1.82, 2.24) is 9.55 Å². The molecule has 0 bridgehead atoms. The molecule has 1 unspecified atom stereocenters. The minimum absolute atomic E-state index is 0.00477. The first kappa shape index (κ1) is 13.1. The summed E-state index contributed by atoms with van der Waals surface area (Å²) < 4.78 is 20.0. The molecule has 2 rings (SSSR count). The number of H-pyrrole nitrogens is 1. The fourth-order valence-corrected chi connectivity index (χ4v) is 2.11. The van der Waals surface area contributed by atoms with Crippen molar-refractivity contribution in [3.8, 4) is 6.07 Å². The van der Waals surface area contributed by atoms with E-state index in [1.807, 2.05) is 6.07 Å². The molecule has 3 atom stereocenters. The average Bonchev–Trinajstić information content (AvgIpc) is 2.86. The molecule has 1 aromatic heterocycles. The van der Waals surface area contributed by atoms with E-state index in [0.29, 0.717) is 12.0 Å². The van der Waals surface area contributed by atoms with E-state index >= 15 is 0 Å². The van der Waals surface area contributed by atoms with E-state index in [4.69, 9.17) is 16.1 Å². The Morgan fingerprint density at radius 2 is 2.50 bits per heavy atom. The largest absolute Gasteiger partial charge is 0.374 e. The zero-order chi connectivity index (χ0) is 15.4. The van der Waals surface area contributed by atoms with E-state index in [0.717, 1.165) is 0 Å². The van der Waals surface area contributed by atoms with Crippen molar-refractivity contribution in [2.45, 2.75) is 45.1 Å². The molecule has 1 aliphatic heterocycles. The Morgan fingerprint density at radius 3 is 3.20 bits per heavy atom. The second-order valence-corrected chi connectivity index (χ2v) is 4.66. The number of nitriles is 1. The number of nitrogens with zero attached hydrogens (tertiary/aromatic N) is 2. The summed E-state index contributed by atoms with van der Waals surface area (Å²) >= 11 is 0. The molecule has 7 heteroatoms. The molecule has 1 fully saturated rings. The van der Waals surface area contributed by atoms with Gasteiger partial charge in [0.15, 0.2) is 0 Å². The minimum Gasteiger partial charge on any atom is -0.374 e. The number of ether oxygens (including phenoxy) is 2. The molecule has 20 heavy (non-hydrogen) atoms. The van der Waals surface area contributed by atoms with Crippen LogP contribution in [0.2, 0.25) is 0 Å². The van der Waals surface area contributed by atoms with Crippen molar-refractivity contribution >= 4 is 0 Å². The van der Waals surface area contributed by atoms with Crippen LogP contribution in [0.15, 0.2) is 15.8 Å². The van der Waals surface area contributed by atoms with Crippen LogP contribution in [0.1, 0.15) is 32.9 Å². The summed E-state index contributed by atoms with van der Waals surface area (Å²) in [5, 5.41) is 8.51. The summed E-state index contributed by atoms with van der Waals surface area (Å²) in [6.07, 6.45) is 0.761. The first-order valence-electron chi connectivity index (χ1n) is 7.03. The fourth-order valence-electron chi connectivity index (χ4n) is 2.11. The molecule has 0 amide bonds. The summed E-state index contributed by atoms with van der Waals surface area (Å²) in [6, 6.07) is 1.98. The van der Waals surface area contributed by atoms with E-state index < -0.39 is 23.6 Å². The molecule has 1 aliphatic rings. The predicted octanol–water partition coefficient (Wildman–Crippen LogP) is 0.451. The Hall–Kier alpha value is -1.91. The highest BCUT2D eigenvalue weighted by molar-refractivity contribution is 5.02. The lowest BCUT2D eigenvalue weighted by Gasteiger charge is -2.13. The van der Waals surface area contributed by atoms with Crippen molar-refractivity contribution in [2.75, 3.05) is 6.61 Å². The third kappa shape index (κ3) is 2.98. The number of aromatic nitrogens is 2. The van der Waals surface area contributed by atoms with Crippen LogP contribution < -0.4 is 11.2 Å². The second-order valence-electron chi connectivity index (χ2n) is 4.66. The maximum absolute atomic E-state index is 11.8. The van der Waals surface area contributed by atoms with Crippen molar-refractivity contribution in [2.24, 2.45) is 0 Å². The van der Waals surface area contributed by atoms with Gasteiger partial charge in [-0.25, -0.2) is 4.79 Å². The molecule has 0 spiro atoms. The maximum Gasteiger partial charge on any atom is 0.330 e. The Bertz CT molecular complexity index is 648. The summed E-state index contributed by atoms with van der Waals surface area (Å²) in [7, 11) is 0. The monoisotopic (exact) mass is 280 g/mol. The van der Waals surface area contributed by atoms with Crippen LogP contribution in [0.4, 0.5) is 0 Å². The Balaban J connectivity index is 2.16. The molecule has 0 radical (unpaired) electrons. The molecule has 108 valence electrons. The van der Waals surface area contributed by atoms with Crippen molar-refractivity contribution in [1.29, 1.82) is 5.26 Å². The molecular formula is C13H17N3O4. The van der Waals surface area contributed by atoms with Gasteiger partial charge in [0.05, 0.1) is 31.3 Å². The van der Waals surface area contributed by atoms with Crippen molar-refractivity contribution in [3.63, 3.8) is 0 Å². The van der Waals surface area contributed by atoms with Gasteiger partial charge in [0.25, 0.3) is 5.56 Å². The van der Waals surface area contributed by atoms with Crippen LogP contribution in [0, 0.1) is 18.3 Å². The number of hydrogen-bond acceptors (Lipinski definition) is 5. The van der Waals surface area contributed by atoms with Gasteiger partial charge in [0, 0.05) is 19.6 Å². The number of aryl methyl sites for hydroxylation is 1. The van der Waals surface area contributed by atoms with Gasteiger partial charge in [-0.2, -0.15) is 5.26 Å². The van der Waals surface area contributed by atoms with Crippen LogP contribution in [-0.2, 0) is 9.47 Å². The summed E-state index contributed by atoms with van der Waals surface area (Å²) in [5.74, 6) is 0. The Labute approximate surface area is 117 Å². The zero-order valence-electron chi connectivity index (χ0n) is 12.2. The number of hydrogen-bond donors (Lipinski definition) is 1. The number of rotatable bonds is 4. The second kappa shape index (κ2) is 6.03. The van der Waals surface area contributed by atoms with Crippen LogP contribution in [0.3, 0.4) is 0 Å². The smallest absolute Gasteiger partial charge is 0.330 e. The lowest BCUT2D eigenvalue weighted by molar-refractivity contribution is -0.0285. The molecule has 1 N–H and O–H groups in total. The SMILES string of the molecule is [2H]C[C@H]1O[C@@H](n2cc(C)c(=O)[nH]c2=O)CC1OCCC#N. The average molecular weight is 280 g/mol. The summed E-state index contributed by atoms with van der Waals surface area (Å²) in [6.45, 7) is 1.88. The fraction of sp³-hybridized carbons (Fsp3) is 0.615. The number of aromatic amines is 1. The van der Waals surface area contributed by atoms with Gasteiger partial charge in [-0.1, -0.05) is 0 Å². The predicted molar refractivity (Wildman–Crippen MR) is 70.2 cm³/mol. The van der Waals surface area contributed by atoms with Gasteiger partial charge in [-0.3, -0.25) is 14.3 Å².